The molecular weight excluding hydrogens is 336 g/mol. The van der Waals surface area contributed by atoms with E-state index in [0.717, 1.165) is 22.3 Å². The minimum Gasteiger partial charge on any atom is -0.410 e. The zero-order chi connectivity index (χ0) is 19.5. The SMILES string of the molecule is C\C1=C/C=C/C(=N\O)C2=CC=CC=C(C2)C(=N/O)/C=C/C=C(\C)C#CC#C1. The molecule has 0 aliphatic heterocycles. The third-order valence-corrected chi connectivity index (χ3v) is 3.74. The number of rotatable bonds is 0. The van der Waals surface area contributed by atoms with Crippen molar-refractivity contribution < 1.29 is 10.4 Å². The minimum absolute atomic E-state index is 0.422. The van der Waals surface area contributed by atoms with Gasteiger partial charge in [0.15, 0.2) is 0 Å². The standard InChI is InChI=1S/C23H20N2O2/c1-18-9-3-4-10-19(2)12-8-16-23(25-27)21-14-6-5-13-20(17-21)22(24-26)15-7-11-18/h5-8,11-16,26-27H,17H2,1-2H3/b15-7+,16-8+,18-11+,19-12+,24-22+,25-23+. The predicted octanol–water partition coefficient (Wildman–Crippen LogP) is 4.48. The van der Waals surface area contributed by atoms with Gasteiger partial charge in [0, 0.05) is 6.42 Å². The van der Waals surface area contributed by atoms with E-state index >= 15 is 0 Å². The molecule has 134 valence electrons. The summed E-state index contributed by atoms with van der Waals surface area (Å²) in [5.41, 5.74) is 4.11. The molecule has 0 saturated heterocycles. The van der Waals surface area contributed by atoms with Crippen molar-refractivity contribution in [1.82, 2.24) is 0 Å². The van der Waals surface area contributed by atoms with Crippen LogP contribution in [0.1, 0.15) is 20.3 Å². The van der Waals surface area contributed by atoms with Gasteiger partial charge < -0.3 is 10.4 Å². The average molecular weight is 356 g/mol. The molecule has 27 heavy (non-hydrogen) atoms. The van der Waals surface area contributed by atoms with Crippen molar-refractivity contribution in [3.05, 3.63) is 83.1 Å². The van der Waals surface area contributed by atoms with E-state index < -0.39 is 0 Å². The van der Waals surface area contributed by atoms with Crippen molar-refractivity contribution >= 4 is 11.4 Å². The Kier molecular flexibility index (Phi) is 7.45. The van der Waals surface area contributed by atoms with Crippen LogP contribution in [0.25, 0.3) is 0 Å². The lowest BCUT2D eigenvalue weighted by molar-refractivity contribution is 0.319. The highest BCUT2D eigenvalue weighted by Gasteiger charge is 2.12. The molecule has 2 aliphatic carbocycles. The van der Waals surface area contributed by atoms with E-state index in [1.54, 1.807) is 24.3 Å². The number of hydrogen-bond acceptors (Lipinski definition) is 4. The van der Waals surface area contributed by atoms with Crippen LogP contribution in [0.15, 0.2) is 93.4 Å². The van der Waals surface area contributed by atoms with Gasteiger partial charge >= 0.3 is 0 Å². The lowest BCUT2D eigenvalue weighted by Crippen LogP contribution is -2.06. The van der Waals surface area contributed by atoms with Crippen LogP contribution in [-0.4, -0.2) is 21.8 Å². The van der Waals surface area contributed by atoms with E-state index in [1.807, 2.05) is 50.3 Å². The van der Waals surface area contributed by atoms with Gasteiger partial charge in [-0.25, -0.2) is 0 Å². The van der Waals surface area contributed by atoms with Crippen LogP contribution in [0.3, 0.4) is 0 Å². The number of allylic oxidation sites excluding steroid dienone is 14. The Balaban J connectivity index is 2.52. The van der Waals surface area contributed by atoms with E-state index in [0.29, 0.717) is 17.8 Å². The van der Waals surface area contributed by atoms with Gasteiger partial charge in [0.2, 0.25) is 0 Å². The van der Waals surface area contributed by atoms with Crippen molar-refractivity contribution in [2.24, 2.45) is 10.3 Å². The quantitative estimate of drug-likeness (QED) is 0.382. The van der Waals surface area contributed by atoms with Crippen molar-refractivity contribution in [2.45, 2.75) is 20.3 Å². The number of nitrogens with zero attached hydrogens (tertiary/aromatic N) is 2. The zero-order valence-electron chi connectivity index (χ0n) is 15.3. The average Bonchev–Trinajstić information content (AvgIpc) is 2.91. The Morgan fingerprint density at radius 3 is 1.56 bits per heavy atom. The Bertz CT molecular complexity index is 906. The summed E-state index contributed by atoms with van der Waals surface area (Å²) >= 11 is 0. The molecule has 2 rings (SSSR count). The van der Waals surface area contributed by atoms with Gasteiger partial charge in [-0.1, -0.05) is 70.8 Å². The highest BCUT2D eigenvalue weighted by atomic mass is 16.4. The molecule has 0 heterocycles. The molecule has 2 N–H and O–H groups in total. The number of oxime groups is 2. The van der Waals surface area contributed by atoms with Gasteiger partial charge in [-0.3, -0.25) is 0 Å². The van der Waals surface area contributed by atoms with Gasteiger partial charge in [0.25, 0.3) is 0 Å². The normalized spacial score (nSPS) is 26.4. The van der Waals surface area contributed by atoms with E-state index in [1.165, 1.54) is 0 Å². The van der Waals surface area contributed by atoms with Crippen LogP contribution in [0, 0.1) is 23.7 Å². The molecule has 4 heteroatoms. The maximum Gasteiger partial charge on any atom is 0.106 e. The summed E-state index contributed by atoms with van der Waals surface area (Å²) in [6.07, 6.45) is 18.5. The first-order valence-electron chi connectivity index (χ1n) is 8.37. The topological polar surface area (TPSA) is 65.2 Å². The molecule has 0 radical (unpaired) electrons. The predicted molar refractivity (Wildman–Crippen MR) is 110 cm³/mol. The van der Waals surface area contributed by atoms with E-state index in [-0.39, 0.29) is 0 Å². The third kappa shape index (κ3) is 6.23. The fourth-order valence-corrected chi connectivity index (χ4v) is 2.34. The van der Waals surface area contributed by atoms with Crippen LogP contribution in [0.5, 0.6) is 0 Å². The highest BCUT2D eigenvalue weighted by molar-refractivity contribution is 6.13. The maximum absolute atomic E-state index is 9.42. The fraction of sp³-hybridized carbons (Fsp3) is 0.130. The van der Waals surface area contributed by atoms with Crippen LogP contribution >= 0.6 is 0 Å². The first-order chi connectivity index (χ1) is 13.1. The summed E-state index contributed by atoms with van der Waals surface area (Å²) in [4.78, 5) is 0. The maximum atomic E-state index is 9.42. The summed E-state index contributed by atoms with van der Waals surface area (Å²) < 4.78 is 0. The third-order valence-electron chi connectivity index (χ3n) is 3.74. The van der Waals surface area contributed by atoms with Crippen molar-refractivity contribution in [3.63, 3.8) is 0 Å². The Hall–Kier alpha value is -3.76. The first-order valence-corrected chi connectivity index (χ1v) is 8.37. The first kappa shape index (κ1) is 19.6. The summed E-state index contributed by atoms with van der Waals surface area (Å²) in [6, 6.07) is 0. The largest absolute Gasteiger partial charge is 0.410 e. The lowest BCUT2D eigenvalue weighted by Gasteiger charge is -2.08. The lowest BCUT2D eigenvalue weighted by atomic mass is 9.97. The van der Waals surface area contributed by atoms with Gasteiger partial charge in [0.1, 0.15) is 11.4 Å². The Labute approximate surface area is 159 Å². The van der Waals surface area contributed by atoms with E-state index in [2.05, 4.69) is 34.0 Å². The van der Waals surface area contributed by atoms with Crippen molar-refractivity contribution in [1.29, 1.82) is 0 Å². The van der Waals surface area contributed by atoms with E-state index in [4.69, 9.17) is 0 Å². The van der Waals surface area contributed by atoms with Crippen molar-refractivity contribution in [3.8, 4) is 23.7 Å². The Morgan fingerprint density at radius 1 is 0.704 bits per heavy atom. The molecule has 0 fully saturated rings. The fourth-order valence-electron chi connectivity index (χ4n) is 2.34. The van der Waals surface area contributed by atoms with Gasteiger partial charge in [-0.2, -0.15) is 0 Å². The summed E-state index contributed by atoms with van der Waals surface area (Å²) in [6.45, 7) is 3.76. The van der Waals surface area contributed by atoms with Gasteiger partial charge in [-0.15, -0.1) is 0 Å². The second-order valence-corrected chi connectivity index (χ2v) is 5.83. The number of hydrogen-bond donors (Lipinski definition) is 2. The van der Waals surface area contributed by atoms with Gasteiger partial charge in [0.05, 0.1) is 0 Å². The molecular formula is C23H20N2O2. The summed E-state index contributed by atoms with van der Waals surface area (Å²) in [5, 5.41) is 25.6. The van der Waals surface area contributed by atoms with Gasteiger partial charge in [-0.05, 0) is 60.1 Å². The number of fused-ring (bicyclic) bond motifs is 2. The molecule has 0 aromatic heterocycles. The Morgan fingerprint density at radius 2 is 1.15 bits per heavy atom. The van der Waals surface area contributed by atoms with Crippen LogP contribution in [-0.2, 0) is 0 Å². The monoisotopic (exact) mass is 356 g/mol. The zero-order valence-corrected chi connectivity index (χ0v) is 15.3. The van der Waals surface area contributed by atoms with Crippen LogP contribution < -0.4 is 0 Å². The molecule has 0 spiro atoms. The molecule has 0 saturated carbocycles. The second-order valence-electron chi connectivity index (χ2n) is 5.83. The smallest absolute Gasteiger partial charge is 0.106 e. The molecule has 2 bridgehead atoms. The molecule has 0 unspecified atom stereocenters. The minimum atomic E-state index is 0.422. The molecule has 0 aromatic carbocycles. The molecule has 4 nitrogen and oxygen atoms in total. The van der Waals surface area contributed by atoms with Crippen molar-refractivity contribution in [2.75, 3.05) is 0 Å². The van der Waals surface area contributed by atoms with E-state index in [9.17, 15) is 10.4 Å². The molecule has 0 amide bonds. The van der Waals surface area contributed by atoms with Crippen LogP contribution in [0.2, 0.25) is 0 Å². The second kappa shape index (κ2) is 10.3. The summed E-state index contributed by atoms with van der Waals surface area (Å²) in [5.74, 6) is 11.5. The molecule has 0 atom stereocenters. The molecule has 2 aliphatic rings. The summed E-state index contributed by atoms with van der Waals surface area (Å²) in [7, 11) is 0. The van der Waals surface area contributed by atoms with Crippen LogP contribution in [0.4, 0.5) is 0 Å². The molecule has 0 aromatic rings. The highest BCUT2D eigenvalue weighted by Crippen LogP contribution is 2.19.